The van der Waals surface area contributed by atoms with Crippen LogP contribution in [-0.2, 0) is 19.1 Å². The van der Waals surface area contributed by atoms with Gasteiger partial charge in [0.2, 0.25) is 0 Å². The number of benzene rings is 1. The van der Waals surface area contributed by atoms with Crippen molar-refractivity contribution in [1.82, 2.24) is 19.8 Å². The van der Waals surface area contributed by atoms with Crippen molar-refractivity contribution in [2.45, 2.75) is 58.8 Å². The molecule has 2 aliphatic rings. The molecule has 0 spiro atoms. The number of likely N-dealkylation sites (tertiary alicyclic amines) is 1. The average Bonchev–Trinajstić information content (AvgIpc) is 2.84. The van der Waals surface area contributed by atoms with Crippen LogP contribution in [0.5, 0.6) is 0 Å². The van der Waals surface area contributed by atoms with Gasteiger partial charge in [0.05, 0.1) is 5.56 Å². The molecule has 0 aliphatic carbocycles. The van der Waals surface area contributed by atoms with E-state index in [1.165, 1.54) is 12.4 Å². The number of carbonyl (C=O) groups is 1. The third kappa shape index (κ3) is 4.89. The number of hydrogen-bond donors (Lipinski definition) is 0. The Morgan fingerprint density at radius 3 is 2.44 bits per heavy atom. The van der Waals surface area contributed by atoms with Gasteiger partial charge in [-0.25, -0.2) is 9.97 Å². The average molecular weight is 476 g/mol. The van der Waals surface area contributed by atoms with Crippen LogP contribution < -0.4 is 4.90 Å². The fourth-order valence-electron chi connectivity index (χ4n) is 5.21. The smallest absolute Gasteiger partial charge is 0.352 e. The van der Waals surface area contributed by atoms with Gasteiger partial charge >= 0.3 is 6.18 Å². The van der Waals surface area contributed by atoms with Gasteiger partial charge < -0.3 is 14.7 Å². The van der Waals surface area contributed by atoms with Crippen molar-refractivity contribution in [3.05, 3.63) is 52.5 Å². The van der Waals surface area contributed by atoms with Gasteiger partial charge in [-0.1, -0.05) is 19.9 Å². The van der Waals surface area contributed by atoms with Gasteiger partial charge in [-0.2, -0.15) is 13.2 Å². The van der Waals surface area contributed by atoms with Gasteiger partial charge in [-0.15, -0.1) is 0 Å². The van der Waals surface area contributed by atoms with Crippen LogP contribution in [0.15, 0.2) is 24.5 Å². The van der Waals surface area contributed by atoms with E-state index >= 15 is 0 Å². The summed E-state index contributed by atoms with van der Waals surface area (Å²) in [6.07, 6.45) is -0.483. The molecular weight excluding hydrogens is 443 g/mol. The first-order chi connectivity index (χ1) is 16.2. The lowest BCUT2D eigenvalue weighted by Crippen LogP contribution is -2.47. The Kier molecular flexibility index (Phi) is 7.12. The van der Waals surface area contributed by atoms with Crippen molar-refractivity contribution in [2.24, 2.45) is 0 Å². The maximum Gasteiger partial charge on any atom is 0.416 e. The zero-order valence-electron chi connectivity index (χ0n) is 20.0. The minimum atomic E-state index is -4.37. The third-order valence-electron chi connectivity index (χ3n) is 7.19. The molecule has 2 aromatic rings. The molecule has 184 valence electrons. The summed E-state index contributed by atoms with van der Waals surface area (Å²) in [7, 11) is 0. The normalized spacial score (nSPS) is 17.3. The molecule has 0 radical (unpaired) electrons. The summed E-state index contributed by atoms with van der Waals surface area (Å²) in [5.41, 5.74) is 1.97. The maximum absolute atomic E-state index is 13.3. The summed E-state index contributed by atoms with van der Waals surface area (Å²) in [5.74, 6) is 0.510. The van der Waals surface area contributed by atoms with Crippen molar-refractivity contribution in [2.75, 3.05) is 37.6 Å². The van der Waals surface area contributed by atoms with Crippen LogP contribution in [0.1, 0.15) is 59.4 Å². The lowest BCUT2D eigenvalue weighted by atomic mass is 9.96. The second-order valence-electron chi connectivity index (χ2n) is 9.07. The van der Waals surface area contributed by atoms with Crippen LogP contribution in [0.2, 0.25) is 0 Å². The van der Waals surface area contributed by atoms with E-state index in [1.807, 2.05) is 16.7 Å². The summed E-state index contributed by atoms with van der Waals surface area (Å²) in [6.45, 7) is 10.5. The number of amides is 1. The van der Waals surface area contributed by atoms with Crippen LogP contribution in [-0.4, -0.2) is 64.4 Å². The molecule has 34 heavy (non-hydrogen) atoms. The number of halogens is 3. The Labute approximate surface area is 198 Å². The van der Waals surface area contributed by atoms with Gasteiger partial charge in [0.1, 0.15) is 17.8 Å². The lowest BCUT2D eigenvalue weighted by molar-refractivity contribution is -0.137. The molecule has 0 unspecified atom stereocenters. The quantitative estimate of drug-likeness (QED) is 0.645. The summed E-state index contributed by atoms with van der Waals surface area (Å²) in [4.78, 5) is 28.3. The molecule has 0 saturated carbocycles. The van der Waals surface area contributed by atoms with Crippen LogP contribution in [0.4, 0.5) is 19.0 Å². The van der Waals surface area contributed by atoms with E-state index in [0.29, 0.717) is 61.3 Å². The highest BCUT2D eigenvalue weighted by Gasteiger charge is 2.33. The summed E-state index contributed by atoms with van der Waals surface area (Å²) in [6, 6.07) is 4.43. The minimum absolute atomic E-state index is 0.101. The van der Waals surface area contributed by atoms with E-state index in [4.69, 9.17) is 0 Å². The Balaban J connectivity index is 1.50. The zero-order chi connectivity index (χ0) is 24.5. The van der Waals surface area contributed by atoms with Crippen molar-refractivity contribution in [1.29, 1.82) is 0 Å². The highest BCUT2D eigenvalue weighted by atomic mass is 19.4. The molecule has 0 atom stereocenters. The van der Waals surface area contributed by atoms with Gasteiger partial charge in [-0.05, 0) is 62.5 Å². The molecule has 2 aliphatic heterocycles. The molecule has 0 N–H and O–H groups in total. The Hall–Kier alpha value is -2.68. The minimum Gasteiger partial charge on any atom is -0.352 e. The number of piperidine rings is 1. The Morgan fingerprint density at radius 2 is 1.79 bits per heavy atom. The molecule has 9 heteroatoms. The predicted octanol–water partition coefficient (Wildman–Crippen LogP) is 4.31. The van der Waals surface area contributed by atoms with Crippen LogP contribution >= 0.6 is 0 Å². The van der Waals surface area contributed by atoms with E-state index in [-0.39, 0.29) is 5.91 Å². The van der Waals surface area contributed by atoms with Crippen molar-refractivity contribution in [3.8, 4) is 0 Å². The third-order valence-corrected chi connectivity index (χ3v) is 7.19. The number of nitrogens with zero attached hydrogens (tertiary/aromatic N) is 5. The van der Waals surface area contributed by atoms with E-state index in [9.17, 15) is 18.0 Å². The highest BCUT2D eigenvalue weighted by molar-refractivity contribution is 5.94. The summed E-state index contributed by atoms with van der Waals surface area (Å²) >= 11 is 0. The van der Waals surface area contributed by atoms with Crippen LogP contribution in [0, 0.1) is 6.92 Å². The second-order valence-corrected chi connectivity index (χ2v) is 9.07. The molecule has 4 rings (SSSR count). The topological polar surface area (TPSA) is 52.6 Å². The van der Waals surface area contributed by atoms with Crippen molar-refractivity contribution < 1.29 is 18.0 Å². The molecule has 6 nitrogen and oxygen atoms in total. The first kappa shape index (κ1) is 24.4. The van der Waals surface area contributed by atoms with Crippen molar-refractivity contribution >= 4 is 11.7 Å². The first-order valence-corrected chi connectivity index (χ1v) is 12.0. The number of hydrogen-bond acceptors (Lipinski definition) is 5. The van der Waals surface area contributed by atoms with Gasteiger partial charge in [0.15, 0.2) is 0 Å². The Morgan fingerprint density at radius 1 is 1.09 bits per heavy atom. The molecule has 1 aromatic heterocycles. The van der Waals surface area contributed by atoms with Crippen LogP contribution in [0.3, 0.4) is 0 Å². The van der Waals surface area contributed by atoms with Gasteiger partial charge in [-0.3, -0.25) is 4.79 Å². The maximum atomic E-state index is 13.3. The van der Waals surface area contributed by atoms with Gasteiger partial charge in [0.25, 0.3) is 5.91 Å². The van der Waals surface area contributed by atoms with E-state index < -0.39 is 11.7 Å². The molecule has 3 heterocycles. The van der Waals surface area contributed by atoms with E-state index in [0.717, 1.165) is 37.6 Å². The van der Waals surface area contributed by atoms with E-state index in [1.54, 1.807) is 6.07 Å². The number of fused-ring (bicyclic) bond motifs is 1. The number of rotatable bonds is 5. The Bertz CT molecular complexity index is 1030. The van der Waals surface area contributed by atoms with Gasteiger partial charge in [0, 0.05) is 37.8 Å². The van der Waals surface area contributed by atoms with Crippen LogP contribution in [0.25, 0.3) is 0 Å². The number of anilines is 1. The number of aromatic nitrogens is 2. The summed E-state index contributed by atoms with van der Waals surface area (Å²) in [5, 5.41) is 0. The molecule has 1 aromatic carbocycles. The van der Waals surface area contributed by atoms with Crippen molar-refractivity contribution in [3.63, 3.8) is 0 Å². The molecule has 0 bridgehead atoms. The second kappa shape index (κ2) is 9.90. The molecule has 1 saturated heterocycles. The number of carbonyl (C=O) groups excluding carboxylic acids is 1. The SMILES string of the molecule is CCN(CC)C1CCN(C(=O)c2ncnc(N3CCc4ccc(C(F)(F)F)cc4C3)c2C)CC1. The molecular formula is C25H32F3N5O. The molecule has 1 fully saturated rings. The zero-order valence-corrected chi connectivity index (χ0v) is 20.0. The number of alkyl halides is 3. The largest absolute Gasteiger partial charge is 0.416 e. The lowest BCUT2D eigenvalue weighted by Gasteiger charge is -2.37. The summed E-state index contributed by atoms with van der Waals surface area (Å²) < 4.78 is 39.6. The standard InChI is InChI=1S/C25H32F3N5O/c1-4-31(5-2)21-9-12-32(13-10-21)24(34)22-17(3)23(30-16-29-22)33-11-8-18-6-7-20(25(26,27)28)14-19(18)15-33/h6-7,14,16,21H,4-5,8-13,15H2,1-3H3. The molecule has 1 amide bonds. The highest BCUT2D eigenvalue weighted by Crippen LogP contribution is 2.33. The monoisotopic (exact) mass is 475 g/mol. The van der Waals surface area contributed by atoms with E-state index in [2.05, 4.69) is 28.7 Å². The predicted molar refractivity (Wildman–Crippen MR) is 125 cm³/mol. The fourth-order valence-corrected chi connectivity index (χ4v) is 5.21. The first-order valence-electron chi connectivity index (χ1n) is 12.0. The fraction of sp³-hybridized carbons (Fsp3) is 0.560.